The van der Waals surface area contributed by atoms with Gasteiger partial charge in [-0.3, -0.25) is 4.79 Å². The minimum absolute atomic E-state index is 0.0141. The second-order valence-corrected chi connectivity index (χ2v) is 7.79. The van der Waals surface area contributed by atoms with E-state index in [0.717, 1.165) is 11.8 Å². The molecule has 3 rings (SSSR count). The van der Waals surface area contributed by atoms with Gasteiger partial charge in [-0.25, -0.2) is 10.2 Å². The van der Waals surface area contributed by atoms with Gasteiger partial charge in [-0.05, 0) is 35.9 Å². The number of esters is 1. The molecule has 0 bridgehead atoms. The molecule has 32 heavy (non-hydrogen) atoms. The Morgan fingerprint density at radius 3 is 2.69 bits per heavy atom. The number of rotatable bonds is 9. The van der Waals surface area contributed by atoms with E-state index in [1.54, 1.807) is 42.5 Å². The fraction of sp³-hybridized carbons (Fsp3) is 0.150. The molecule has 0 aliphatic heterocycles. The summed E-state index contributed by atoms with van der Waals surface area (Å²) in [5.74, 6) is -0.109. The maximum absolute atomic E-state index is 11.9. The zero-order valence-electron chi connectivity index (χ0n) is 16.6. The summed E-state index contributed by atoms with van der Waals surface area (Å²) in [6.45, 7) is 0.0141. The van der Waals surface area contributed by atoms with Crippen LogP contribution in [-0.4, -0.2) is 41.2 Å². The number of methoxy groups -OCH3 is 1. The molecule has 0 atom stereocenters. The molecule has 9 nitrogen and oxygen atoms in total. The summed E-state index contributed by atoms with van der Waals surface area (Å²) in [7, 11) is 1.31. The van der Waals surface area contributed by atoms with Crippen molar-refractivity contribution < 1.29 is 23.5 Å². The van der Waals surface area contributed by atoms with Crippen LogP contribution in [0.3, 0.4) is 0 Å². The van der Waals surface area contributed by atoms with Crippen LogP contribution in [0.1, 0.15) is 21.8 Å². The molecule has 1 N–H and O–H groups in total. The molecule has 0 radical (unpaired) electrons. The van der Waals surface area contributed by atoms with E-state index in [1.807, 2.05) is 0 Å². The van der Waals surface area contributed by atoms with E-state index < -0.39 is 5.97 Å². The molecule has 0 aliphatic carbocycles. The summed E-state index contributed by atoms with van der Waals surface area (Å²) in [4.78, 5) is 23.3. The Morgan fingerprint density at radius 2 is 1.97 bits per heavy atom. The van der Waals surface area contributed by atoms with Gasteiger partial charge in [0.15, 0.2) is 6.61 Å². The average Bonchev–Trinajstić information content (AvgIpc) is 3.25. The molecule has 1 heterocycles. The lowest BCUT2D eigenvalue weighted by atomic mass is 10.1. The van der Waals surface area contributed by atoms with Crippen molar-refractivity contribution in [3.8, 4) is 5.75 Å². The molecular formula is C20H16Cl2N4O5S. The predicted molar refractivity (Wildman–Crippen MR) is 119 cm³/mol. The molecule has 166 valence electrons. The highest BCUT2D eigenvalue weighted by Crippen LogP contribution is 2.28. The molecule has 0 saturated heterocycles. The number of thioether (sulfide) groups is 1. The Kier molecular flexibility index (Phi) is 8.48. The number of carbonyl (C=O) groups is 2. The van der Waals surface area contributed by atoms with Gasteiger partial charge < -0.3 is 13.9 Å². The molecule has 0 aliphatic rings. The molecule has 0 saturated carbocycles. The number of hydrogen-bond donors (Lipinski definition) is 1. The third-order valence-corrected chi connectivity index (χ3v) is 5.10. The monoisotopic (exact) mass is 494 g/mol. The van der Waals surface area contributed by atoms with Gasteiger partial charge in [-0.15, -0.1) is 10.2 Å². The van der Waals surface area contributed by atoms with Crippen LogP contribution < -0.4 is 10.2 Å². The number of hydrogen-bond acceptors (Lipinski definition) is 9. The van der Waals surface area contributed by atoms with E-state index in [1.165, 1.54) is 13.3 Å². The van der Waals surface area contributed by atoms with Crippen LogP contribution >= 0.6 is 35.0 Å². The summed E-state index contributed by atoms with van der Waals surface area (Å²) in [6, 6.07) is 11.4. The van der Waals surface area contributed by atoms with Crippen LogP contribution in [-0.2, 0) is 16.1 Å². The molecule has 1 aromatic heterocycles. The minimum atomic E-state index is -0.427. The quantitative estimate of drug-likeness (QED) is 0.205. The van der Waals surface area contributed by atoms with Gasteiger partial charge >= 0.3 is 5.97 Å². The number of nitrogens with one attached hydrogen (secondary N) is 1. The number of ether oxygens (including phenoxy) is 2. The van der Waals surface area contributed by atoms with E-state index in [9.17, 15) is 9.59 Å². The second-order valence-electron chi connectivity index (χ2n) is 6.02. The standard InChI is InChI=1S/C20H16Cl2N4O5S/c1-29-19(28)13-4-2-12(3-5-13)9-23-24-17(27)11-32-20-26-25-18(31-20)10-30-16-7-6-14(21)8-15(16)22/h2-9H,10-11H2,1H3,(H,24,27)/b23-9-. The Labute approximate surface area is 197 Å². The van der Waals surface area contributed by atoms with E-state index in [0.29, 0.717) is 26.9 Å². The first kappa shape index (κ1) is 23.6. The first-order chi connectivity index (χ1) is 15.4. The van der Waals surface area contributed by atoms with Gasteiger partial charge in [0.1, 0.15) is 5.75 Å². The highest BCUT2D eigenvalue weighted by molar-refractivity contribution is 7.99. The van der Waals surface area contributed by atoms with Crippen LogP contribution in [0.4, 0.5) is 0 Å². The SMILES string of the molecule is COC(=O)c1ccc(/C=N\NC(=O)CSc2nnc(COc3ccc(Cl)cc3Cl)o2)cc1. The molecule has 0 fully saturated rings. The molecular weight excluding hydrogens is 479 g/mol. The van der Waals surface area contributed by atoms with Crippen molar-refractivity contribution in [2.24, 2.45) is 5.10 Å². The second kappa shape index (κ2) is 11.5. The number of aromatic nitrogens is 2. The molecule has 0 unspecified atom stereocenters. The van der Waals surface area contributed by atoms with Gasteiger partial charge in [-0.2, -0.15) is 5.10 Å². The van der Waals surface area contributed by atoms with Gasteiger partial charge in [0.05, 0.1) is 29.7 Å². The molecule has 1 amide bonds. The maximum Gasteiger partial charge on any atom is 0.337 e. The fourth-order valence-corrected chi connectivity index (χ4v) is 3.28. The number of amides is 1. The summed E-state index contributed by atoms with van der Waals surface area (Å²) < 4.78 is 15.6. The number of halogens is 2. The van der Waals surface area contributed by atoms with E-state index >= 15 is 0 Å². The Morgan fingerprint density at radius 1 is 1.19 bits per heavy atom. The highest BCUT2D eigenvalue weighted by Gasteiger charge is 2.11. The van der Waals surface area contributed by atoms with Crippen molar-refractivity contribution in [2.75, 3.05) is 12.9 Å². The lowest BCUT2D eigenvalue weighted by Gasteiger charge is -2.05. The number of benzene rings is 2. The third-order valence-electron chi connectivity index (χ3n) is 3.75. The lowest BCUT2D eigenvalue weighted by molar-refractivity contribution is -0.118. The topological polar surface area (TPSA) is 116 Å². The van der Waals surface area contributed by atoms with Crippen molar-refractivity contribution in [1.82, 2.24) is 15.6 Å². The van der Waals surface area contributed by atoms with Crippen LogP contribution in [0.2, 0.25) is 10.0 Å². The number of hydrazone groups is 1. The summed E-state index contributed by atoms with van der Waals surface area (Å²) in [6.07, 6.45) is 1.45. The molecule has 2 aromatic carbocycles. The first-order valence-electron chi connectivity index (χ1n) is 8.98. The Balaban J connectivity index is 1.41. The van der Waals surface area contributed by atoms with E-state index in [4.69, 9.17) is 32.4 Å². The van der Waals surface area contributed by atoms with E-state index in [-0.39, 0.29) is 29.4 Å². The summed E-state index contributed by atoms with van der Waals surface area (Å²) >= 11 is 12.9. The van der Waals surface area contributed by atoms with Crippen LogP contribution in [0, 0.1) is 0 Å². The van der Waals surface area contributed by atoms with Crippen molar-refractivity contribution >= 4 is 53.1 Å². The molecule has 3 aromatic rings. The number of carbonyl (C=O) groups excluding carboxylic acids is 2. The van der Waals surface area contributed by atoms with Crippen molar-refractivity contribution in [1.29, 1.82) is 0 Å². The normalized spacial score (nSPS) is 10.8. The summed E-state index contributed by atoms with van der Waals surface area (Å²) in [5, 5.41) is 12.7. The Hall–Kier alpha value is -3.08. The largest absolute Gasteiger partial charge is 0.482 e. The maximum atomic E-state index is 11.9. The highest BCUT2D eigenvalue weighted by atomic mass is 35.5. The fourth-order valence-electron chi connectivity index (χ4n) is 2.25. The lowest BCUT2D eigenvalue weighted by Crippen LogP contribution is -2.19. The predicted octanol–water partition coefficient (Wildman–Crippen LogP) is 3.98. The molecule has 0 spiro atoms. The van der Waals surface area contributed by atoms with Gasteiger partial charge in [0, 0.05) is 5.02 Å². The van der Waals surface area contributed by atoms with Crippen molar-refractivity contribution in [2.45, 2.75) is 11.8 Å². The van der Waals surface area contributed by atoms with Crippen molar-refractivity contribution in [3.63, 3.8) is 0 Å². The minimum Gasteiger partial charge on any atom is -0.482 e. The Bertz CT molecular complexity index is 1120. The molecule has 12 heteroatoms. The first-order valence-corrected chi connectivity index (χ1v) is 10.7. The van der Waals surface area contributed by atoms with Gasteiger partial charge in [0.25, 0.3) is 17.0 Å². The summed E-state index contributed by atoms with van der Waals surface area (Å²) in [5.41, 5.74) is 3.52. The average molecular weight is 495 g/mol. The number of nitrogens with zero attached hydrogens (tertiary/aromatic N) is 3. The zero-order valence-corrected chi connectivity index (χ0v) is 18.9. The van der Waals surface area contributed by atoms with Crippen molar-refractivity contribution in [3.05, 3.63) is 69.5 Å². The van der Waals surface area contributed by atoms with Crippen LogP contribution in [0.5, 0.6) is 5.75 Å². The van der Waals surface area contributed by atoms with Gasteiger partial charge in [-0.1, -0.05) is 47.1 Å². The van der Waals surface area contributed by atoms with E-state index in [2.05, 4.69) is 25.5 Å². The van der Waals surface area contributed by atoms with Crippen LogP contribution in [0.15, 0.2) is 57.2 Å². The third kappa shape index (κ3) is 6.98. The zero-order chi connectivity index (χ0) is 22.9. The van der Waals surface area contributed by atoms with Gasteiger partial charge in [0.2, 0.25) is 0 Å². The smallest absolute Gasteiger partial charge is 0.337 e. The van der Waals surface area contributed by atoms with Crippen LogP contribution in [0.25, 0.3) is 0 Å².